The van der Waals surface area contributed by atoms with Crippen molar-refractivity contribution in [3.8, 4) is 0 Å². The van der Waals surface area contributed by atoms with Gasteiger partial charge in [0.05, 0.1) is 0 Å². The van der Waals surface area contributed by atoms with Crippen molar-refractivity contribution < 1.29 is 9.59 Å². The maximum Gasteiger partial charge on any atom is 0.248 e. The Morgan fingerprint density at radius 2 is 1.90 bits per heavy atom. The average Bonchev–Trinajstić information content (AvgIpc) is 2.46. The molecule has 1 saturated heterocycles. The van der Waals surface area contributed by atoms with Gasteiger partial charge in [0, 0.05) is 30.9 Å². The first-order valence-electron chi connectivity index (χ1n) is 7.00. The first-order chi connectivity index (χ1) is 9.65. The largest absolute Gasteiger partial charge is 0.339 e. The van der Waals surface area contributed by atoms with E-state index in [1.54, 1.807) is 4.90 Å². The van der Waals surface area contributed by atoms with Gasteiger partial charge in [-0.1, -0.05) is 12.1 Å². The minimum absolute atomic E-state index is 0.0795. The van der Waals surface area contributed by atoms with Crippen LogP contribution in [0.25, 0.3) is 0 Å². The molecule has 1 N–H and O–H groups in total. The molecule has 0 aliphatic carbocycles. The molecule has 0 aromatic heterocycles. The van der Waals surface area contributed by atoms with Crippen LogP contribution >= 0.6 is 0 Å². The van der Waals surface area contributed by atoms with Crippen LogP contribution in [-0.2, 0) is 9.59 Å². The summed E-state index contributed by atoms with van der Waals surface area (Å²) in [6, 6.07) is 7.56. The van der Waals surface area contributed by atoms with Gasteiger partial charge in [-0.15, -0.1) is 0 Å². The van der Waals surface area contributed by atoms with Crippen molar-refractivity contribution in [1.82, 2.24) is 4.90 Å². The highest BCUT2D eigenvalue weighted by Crippen LogP contribution is 2.10. The molecule has 20 heavy (non-hydrogen) atoms. The van der Waals surface area contributed by atoms with Gasteiger partial charge in [0.2, 0.25) is 11.8 Å². The summed E-state index contributed by atoms with van der Waals surface area (Å²) in [4.78, 5) is 25.4. The normalized spacial score (nSPS) is 15.3. The van der Waals surface area contributed by atoms with E-state index in [9.17, 15) is 9.59 Å². The Bertz CT molecular complexity index is 517. The Morgan fingerprint density at radius 1 is 1.15 bits per heavy atom. The molecule has 106 valence electrons. The Labute approximate surface area is 119 Å². The standard InChI is InChI=1S/C16H20N2O2/c1-13-6-5-7-14(12-13)17-15(19)8-9-16(20)18-10-3-2-4-11-18/h5-9,12H,2-4,10-11H2,1H3,(H,17,19)/b9-8+. The van der Waals surface area contributed by atoms with E-state index in [0.717, 1.165) is 37.2 Å². The quantitative estimate of drug-likeness (QED) is 0.859. The molecule has 2 amide bonds. The van der Waals surface area contributed by atoms with Gasteiger partial charge in [0.15, 0.2) is 0 Å². The van der Waals surface area contributed by atoms with Crippen molar-refractivity contribution in [3.05, 3.63) is 42.0 Å². The third-order valence-electron chi connectivity index (χ3n) is 3.33. The van der Waals surface area contributed by atoms with Crippen LogP contribution in [0.1, 0.15) is 24.8 Å². The number of nitrogens with one attached hydrogen (secondary N) is 1. The van der Waals surface area contributed by atoms with E-state index in [4.69, 9.17) is 0 Å². The first kappa shape index (κ1) is 14.3. The summed E-state index contributed by atoms with van der Waals surface area (Å²) in [5.74, 6) is -0.356. The van der Waals surface area contributed by atoms with E-state index in [1.165, 1.54) is 18.6 Å². The first-order valence-corrected chi connectivity index (χ1v) is 7.00. The molecule has 0 saturated carbocycles. The fourth-order valence-electron chi connectivity index (χ4n) is 2.27. The molecule has 1 aliphatic rings. The second-order valence-electron chi connectivity index (χ2n) is 5.08. The van der Waals surface area contributed by atoms with Gasteiger partial charge in [-0.3, -0.25) is 9.59 Å². The topological polar surface area (TPSA) is 49.4 Å². The highest BCUT2D eigenvalue weighted by molar-refractivity contribution is 6.03. The zero-order valence-electron chi connectivity index (χ0n) is 11.8. The Balaban J connectivity index is 1.87. The molecule has 0 unspecified atom stereocenters. The van der Waals surface area contributed by atoms with Crippen molar-refractivity contribution in [1.29, 1.82) is 0 Å². The summed E-state index contributed by atoms with van der Waals surface area (Å²) in [5, 5.41) is 2.74. The zero-order valence-corrected chi connectivity index (χ0v) is 11.8. The summed E-state index contributed by atoms with van der Waals surface area (Å²) >= 11 is 0. The fourth-order valence-corrected chi connectivity index (χ4v) is 2.27. The van der Waals surface area contributed by atoms with Crippen LogP contribution < -0.4 is 5.32 Å². The van der Waals surface area contributed by atoms with Crippen LogP contribution in [0.5, 0.6) is 0 Å². The maximum absolute atomic E-state index is 11.9. The van der Waals surface area contributed by atoms with E-state index in [0.29, 0.717) is 0 Å². The van der Waals surface area contributed by atoms with E-state index >= 15 is 0 Å². The lowest BCUT2D eigenvalue weighted by Crippen LogP contribution is -2.34. The number of carbonyl (C=O) groups is 2. The molecular weight excluding hydrogens is 252 g/mol. The number of aryl methyl sites for hydroxylation is 1. The highest BCUT2D eigenvalue weighted by atomic mass is 16.2. The molecule has 4 heteroatoms. The van der Waals surface area contributed by atoms with Crippen LogP contribution in [0.2, 0.25) is 0 Å². The molecule has 0 bridgehead atoms. The predicted octanol–water partition coefficient (Wildman–Crippen LogP) is 2.50. The summed E-state index contributed by atoms with van der Waals surface area (Å²) < 4.78 is 0. The van der Waals surface area contributed by atoms with Gasteiger partial charge in [0.1, 0.15) is 0 Å². The average molecular weight is 272 g/mol. The number of nitrogens with zero attached hydrogens (tertiary/aromatic N) is 1. The molecule has 1 aromatic rings. The molecule has 1 aliphatic heterocycles. The van der Waals surface area contributed by atoms with Crippen LogP contribution in [0, 0.1) is 6.92 Å². The van der Waals surface area contributed by atoms with Gasteiger partial charge in [-0.25, -0.2) is 0 Å². The minimum atomic E-state index is -0.277. The van der Waals surface area contributed by atoms with Crippen LogP contribution in [-0.4, -0.2) is 29.8 Å². The number of carbonyl (C=O) groups excluding carboxylic acids is 2. The minimum Gasteiger partial charge on any atom is -0.339 e. The molecule has 1 fully saturated rings. The van der Waals surface area contributed by atoms with Crippen molar-refractivity contribution in [3.63, 3.8) is 0 Å². The number of amides is 2. The van der Waals surface area contributed by atoms with Crippen LogP contribution in [0.3, 0.4) is 0 Å². The van der Waals surface area contributed by atoms with Gasteiger partial charge < -0.3 is 10.2 Å². The van der Waals surface area contributed by atoms with Crippen molar-refractivity contribution in [2.24, 2.45) is 0 Å². The number of rotatable bonds is 3. The van der Waals surface area contributed by atoms with Gasteiger partial charge in [-0.2, -0.15) is 0 Å². The second kappa shape index (κ2) is 6.89. The SMILES string of the molecule is Cc1cccc(NC(=O)/C=C/C(=O)N2CCCCC2)c1. The zero-order chi connectivity index (χ0) is 14.4. The lowest BCUT2D eigenvalue weighted by molar-refractivity contribution is -0.127. The molecule has 2 rings (SSSR count). The van der Waals surface area contributed by atoms with Gasteiger partial charge >= 0.3 is 0 Å². The summed E-state index contributed by atoms with van der Waals surface area (Å²) in [5.41, 5.74) is 1.82. The van der Waals surface area contributed by atoms with Crippen molar-refractivity contribution in [2.75, 3.05) is 18.4 Å². The van der Waals surface area contributed by atoms with Crippen molar-refractivity contribution in [2.45, 2.75) is 26.2 Å². The van der Waals surface area contributed by atoms with E-state index < -0.39 is 0 Å². The Kier molecular flexibility index (Phi) is 4.93. The third-order valence-corrected chi connectivity index (χ3v) is 3.33. The van der Waals surface area contributed by atoms with Crippen LogP contribution in [0.4, 0.5) is 5.69 Å². The molecule has 0 radical (unpaired) electrons. The number of likely N-dealkylation sites (tertiary alicyclic amines) is 1. The molecule has 1 heterocycles. The van der Waals surface area contributed by atoms with Gasteiger partial charge in [0.25, 0.3) is 0 Å². The smallest absolute Gasteiger partial charge is 0.248 e. The summed E-state index contributed by atoms with van der Waals surface area (Å²) in [6.45, 7) is 3.55. The molecule has 1 aromatic carbocycles. The summed E-state index contributed by atoms with van der Waals surface area (Å²) in [6.07, 6.45) is 5.95. The number of piperidine rings is 1. The van der Waals surface area contributed by atoms with Gasteiger partial charge in [-0.05, 0) is 43.9 Å². The highest BCUT2D eigenvalue weighted by Gasteiger charge is 2.13. The lowest BCUT2D eigenvalue weighted by Gasteiger charge is -2.25. The maximum atomic E-state index is 11.9. The number of hydrogen-bond donors (Lipinski definition) is 1. The second-order valence-corrected chi connectivity index (χ2v) is 5.08. The Morgan fingerprint density at radius 3 is 2.60 bits per heavy atom. The lowest BCUT2D eigenvalue weighted by atomic mass is 10.1. The number of benzene rings is 1. The van der Waals surface area contributed by atoms with Crippen LogP contribution in [0.15, 0.2) is 36.4 Å². The monoisotopic (exact) mass is 272 g/mol. The molecule has 0 atom stereocenters. The third kappa shape index (κ3) is 4.23. The summed E-state index contributed by atoms with van der Waals surface area (Å²) in [7, 11) is 0. The number of anilines is 1. The number of hydrogen-bond acceptors (Lipinski definition) is 2. The fraction of sp³-hybridized carbons (Fsp3) is 0.375. The molecule has 0 spiro atoms. The van der Waals surface area contributed by atoms with Crippen molar-refractivity contribution >= 4 is 17.5 Å². The van der Waals surface area contributed by atoms with E-state index in [2.05, 4.69) is 5.32 Å². The van der Waals surface area contributed by atoms with E-state index in [1.807, 2.05) is 31.2 Å². The molecule has 4 nitrogen and oxygen atoms in total. The Hall–Kier alpha value is -2.10. The molecular formula is C16H20N2O2. The van der Waals surface area contributed by atoms with E-state index in [-0.39, 0.29) is 11.8 Å². The predicted molar refractivity (Wildman–Crippen MR) is 79.4 cm³/mol.